The van der Waals surface area contributed by atoms with E-state index in [4.69, 9.17) is 0 Å². The first kappa shape index (κ1) is 21.5. The van der Waals surface area contributed by atoms with Gasteiger partial charge in [0.15, 0.2) is 0 Å². The first-order valence-electron chi connectivity index (χ1n) is 8.29. The average molecular weight is 408 g/mol. The Bertz CT molecular complexity index is 992. The molecule has 1 amide bonds. The number of benzene rings is 2. The summed E-state index contributed by atoms with van der Waals surface area (Å²) in [5.74, 6) is -1.73. The van der Waals surface area contributed by atoms with Crippen LogP contribution in [0.15, 0.2) is 42.5 Å². The Balaban J connectivity index is 2.19. The van der Waals surface area contributed by atoms with Crippen LogP contribution in [0.25, 0.3) is 0 Å². The number of sulfonamides is 1. The van der Waals surface area contributed by atoms with E-state index in [2.05, 4.69) is 10.1 Å². The number of anilines is 1. The third-order valence-corrected chi connectivity index (χ3v) is 5.30. The molecule has 0 aromatic heterocycles. The molecule has 0 heterocycles. The Labute approximate surface area is 163 Å². The smallest absolute Gasteiger partial charge is 0.338 e. The molecule has 2 aromatic carbocycles. The van der Waals surface area contributed by atoms with E-state index in [-0.39, 0.29) is 17.7 Å². The van der Waals surface area contributed by atoms with Gasteiger partial charge in [-0.3, -0.25) is 4.79 Å². The molecule has 0 saturated carbocycles. The van der Waals surface area contributed by atoms with Gasteiger partial charge in [-0.2, -0.15) is 4.31 Å². The van der Waals surface area contributed by atoms with E-state index < -0.39 is 34.3 Å². The summed E-state index contributed by atoms with van der Waals surface area (Å²) in [6.45, 7) is 0.852. The number of hydrogen-bond acceptors (Lipinski definition) is 5. The fourth-order valence-electron chi connectivity index (χ4n) is 2.56. The van der Waals surface area contributed by atoms with E-state index in [9.17, 15) is 22.4 Å². The van der Waals surface area contributed by atoms with Crippen LogP contribution in [0, 0.1) is 12.7 Å². The number of nitrogens with zero attached hydrogens (tertiary/aromatic N) is 1. The normalized spacial score (nSPS) is 11.3. The number of esters is 1. The number of hydrogen-bond donors (Lipinski definition) is 1. The molecule has 0 fully saturated rings. The second kappa shape index (κ2) is 8.94. The number of rotatable bonds is 7. The van der Waals surface area contributed by atoms with Gasteiger partial charge in [0.25, 0.3) is 0 Å². The van der Waals surface area contributed by atoms with Gasteiger partial charge in [-0.05, 0) is 30.7 Å². The third kappa shape index (κ3) is 5.37. The molecule has 2 aromatic rings. The summed E-state index contributed by atoms with van der Waals surface area (Å²) in [7, 11) is -2.52. The molecule has 0 spiro atoms. The zero-order chi connectivity index (χ0) is 20.9. The zero-order valence-corrected chi connectivity index (χ0v) is 16.5. The summed E-state index contributed by atoms with van der Waals surface area (Å²) in [4.78, 5) is 24.2. The molecule has 7 nitrogen and oxygen atoms in total. The highest BCUT2D eigenvalue weighted by atomic mass is 32.2. The monoisotopic (exact) mass is 408 g/mol. The maximum Gasteiger partial charge on any atom is 0.338 e. The molecular weight excluding hydrogens is 387 g/mol. The fourth-order valence-corrected chi connectivity index (χ4v) is 3.28. The lowest BCUT2D eigenvalue weighted by Crippen LogP contribution is -2.37. The molecule has 0 aliphatic rings. The van der Waals surface area contributed by atoms with Gasteiger partial charge >= 0.3 is 5.97 Å². The van der Waals surface area contributed by atoms with Crippen LogP contribution in [-0.2, 0) is 26.1 Å². The minimum atomic E-state index is -3.77. The molecule has 28 heavy (non-hydrogen) atoms. The van der Waals surface area contributed by atoms with Gasteiger partial charge in [-0.1, -0.05) is 24.3 Å². The van der Waals surface area contributed by atoms with Crippen LogP contribution < -0.4 is 5.32 Å². The fraction of sp³-hybridized carbons (Fsp3) is 0.263. The molecule has 150 valence electrons. The second-order valence-corrected chi connectivity index (χ2v) is 8.12. The SMILES string of the molecule is COC(=O)c1cccc(NC(=O)CN(Cc2ccccc2F)S(C)(=O)=O)c1C. The molecule has 0 aliphatic heterocycles. The highest BCUT2D eigenvalue weighted by Crippen LogP contribution is 2.20. The molecular formula is C19H21FN2O5S. The van der Waals surface area contributed by atoms with Crippen molar-refractivity contribution in [2.75, 3.05) is 25.2 Å². The molecule has 0 atom stereocenters. The number of carbonyl (C=O) groups excluding carboxylic acids is 2. The standard InChI is InChI=1S/C19H21FN2O5S/c1-13-15(19(24)27-2)8-6-10-17(13)21-18(23)12-22(28(3,25)26)11-14-7-4-5-9-16(14)20/h4-10H,11-12H2,1-3H3,(H,21,23). The van der Waals surface area contributed by atoms with E-state index in [1.165, 1.54) is 25.3 Å². The molecule has 0 bridgehead atoms. The predicted octanol–water partition coefficient (Wildman–Crippen LogP) is 2.32. The zero-order valence-electron chi connectivity index (χ0n) is 15.7. The predicted molar refractivity (Wildman–Crippen MR) is 103 cm³/mol. The van der Waals surface area contributed by atoms with E-state index in [1.54, 1.807) is 31.2 Å². The van der Waals surface area contributed by atoms with Crippen molar-refractivity contribution in [2.24, 2.45) is 0 Å². The maximum absolute atomic E-state index is 13.9. The summed E-state index contributed by atoms with van der Waals surface area (Å²) in [6.07, 6.45) is 0.949. The molecule has 0 unspecified atom stereocenters. The summed E-state index contributed by atoms with van der Waals surface area (Å²) in [5, 5.41) is 2.59. The van der Waals surface area contributed by atoms with Crippen molar-refractivity contribution in [3.05, 3.63) is 65.0 Å². The molecule has 0 radical (unpaired) electrons. The van der Waals surface area contributed by atoms with Crippen LogP contribution in [0.5, 0.6) is 0 Å². The molecule has 1 N–H and O–H groups in total. The number of ether oxygens (including phenoxy) is 1. The lowest BCUT2D eigenvalue weighted by Gasteiger charge is -2.20. The van der Waals surface area contributed by atoms with Gasteiger partial charge in [0, 0.05) is 17.8 Å². The van der Waals surface area contributed by atoms with Crippen molar-refractivity contribution in [3.63, 3.8) is 0 Å². The number of amides is 1. The van der Waals surface area contributed by atoms with Crippen LogP contribution >= 0.6 is 0 Å². The van der Waals surface area contributed by atoms with Crippen molar-refractivity contribution in [1.29, 1.82) is 0 Å². The maximum atomic E-state index is 13.9. The number of halogens is 1. The number of carbonyl (C=O) groups is 2. The summed E-state index contributed by atoms with van der Waals surface area (Å²) >= 11 is 0. The van der Waals surface area contributed by atoms with Crippen molar-refractivity contribution >= 4 is 27.6 Å². The Morgan fingerprint density at radius 1 is 1.14 bits per heavy atom. The molecule has 9 heteroatoms. The highest BCUT2D eigenvalue weighted by molar-refractivity contribution is 7.88. The lowest BCUT2D eigenvalue weighted by atomic mass is 10.1. The van der Waals surface area contributed by atoms with Crippen molar-refractivity contribution in [3.8, 4) is 0 Å². The van der Waals surface area contributed by atoms with Crippen molar-refractivity contribution in [1.82, 2.24) is 4.31 Å². The van der Waals surface area contributed by atoms with Crippen molar-refractivity contribution < 1.29 is 27.1 Å². The summed E-state index contributed by atoms with van der Waals surface area (Å²) in [5.41, 5.74) is 1.28. The van der Waals surface area contributed by atoms with Crippen LogP contribution in [-0.4, -0.2) is 44.5 Å². The summed E-state index contributed by atoms with van der Waals surface area (Å²) in [6, 6.07) is 10.5. The van der Waals surface area contributed by atoms with Gasteiger partial charge < -0.3 is 10.1 Å². The van der Waals surface area contributed by atoms with E-state index in [1.807, 2.05) is 0 Å². The van der Waals surface area contributed by atoms with Crippen molar-refractivity contribution in [2.45, 2.75) is 13.5 Å². The van der Waals surface area contributed by atoms with E-state index in [0.717, 1.165) is 10.6 Å². The molecule has 2 rings (SSSR count). The van der Waals surface area contributed by atoms with Gasteiger partial charge in [0.1, 0.15) is 5.82 Å². The quantitative estimate of drug-likeness (QED) is 0.710. The average Bonchev–Trinajstić information content (AvgIpc) is 2.63. The van der Waals surface area contributed by atoms with Gasteiger partial charge in [0.2, 0.25) is 15.9 Å². The Hall–Kier alpha value is -2.78. The topological polar surface area (TPSA) is 92.8 Å². The highest BCUT2D eigenvalue weighted by Gasteiger charge is 2.22. The molecule has 0 saturated heterocycles. The second-order valence-electron chi connectivity index (χ2n) is 6.14. The largest absolute Gasteiger partial charge is 0.465 e. The third-order valence-electron chi connectivity index (χ3n) is 4.11. The van der Waals surface area contributed by atoms with Gasteiger partial charge in [-0.15, -0.1) is 0 Å². The van der Waals surface area contributed by atoms with E-state index >= 15 is 0 Å². The Morgan fingerprint density at radius 2 is 1.82 bits per heavy atom. The minimum Gasteiger partial charge on any atom is -0.465 e. The number of methoxy groups -OCH3 is 1. The van der Waals surface area contributed by atoms with Crippen LogP contribution in [0.4, 0.5) is 10.1 Å². The lowest BCUT2D eigenvalue weighted by molar-refractivity contribution is -0.116. The number of nitrogens with one attached hydrogen (secondary N) is 1. The Morgan fingerprint density at radius 3 is 2.43 bits per heavy atom. The molecule has 0 aliphatic carbocycles. The van der Waals surface area contributed by atoms with Gasteiger partial charge in [0.05, 0.1) is 25.5 Å². The van der Waals surface area contributed by atoms with Gasteiger partial charge in [-0.25, -0.2) is 17.6 Å². The van der Waals surface area contributed by atoms with Crippen LogP contribution in [0.2, 0.25) is 0 Å². The van der Waals surface area contributed by atoms with E-state index in [0.29, 0.717) is 11.3 Å². The first-order valence-corrected chi connectivity index (χ1v) is 10.1. The first-order chi connectivity index (χ1) is 13.1. The Kier molecular flexibility index (Phi) is 6.87. The minimum absolute atomic E-state index is 0.157. The summed E-state index contributed by atoms with van der Waals surface area (Å²) < 4.78 is 43.5. The van der Waals surface area contributed by atoms with Crippen LogP contribution in [0.1, 0.15) is 21.5 Å². The van der Waals surface area contributed by atoms with Crippen LogP contribution in [0.3, 0.4) is 0 Å².